The van der Waals surface area contributed by atoms with Crippen LogP contribution >= 0.6 is 0 Å². The minimum atomic E-state index is -4.16. The Labute approximate surface area is 94.8 Å². The molecular weight excluding hydrogens is 226 g/mol. The Hall–Kier alpha value is -1.20. The van der Waals surface area contributed by atoms with E-state index in [1.807, 2.05) is 13.8 Å². The van der Waals surface area contributed by atoms with Gasteiger partial charge >= 0.3 is 0 Å². The molecule has 1 N–H and O–H groups in total. The van der Waals surface area contributed by atoms with Gasteiger partial charge < -0.3 is 0 Å². The second-order valence-electron chi connectivity index (χ2n) is 4.59. The highest BCUT2D eigenvalue weighted by Gasteiger charge is 2.29. The predicted octanol–water partition coefficient (Wildman–Crippen LogP) is 2.24. The molecular formula is C11H13NO3S. The maximum absolute atomic E-state index is 11.2. The van der Waals surface area contributed by atoms with E-state index in [2.05, 4.69) is 4.99 Å². The summed E-state index contributed by atoms with van der Waals surface area (Å²) in [6, 6.07) is 3.19. The first-order chi connectivity index (χ1) is 7.22. The fraction of sp³-hybridized carbons (Fsp3) is 0.364. The zero-order chi connectivity index (χ0) is 12.1. The van der Waals surface area contributed by atoms with Crippen LogP contribution in [0.2, 0.25) is 0 Å². The van der Waals surface area contributed by atoms with Crippen LogP contribution in [0.25, 0.3) is 0 Å². The van der Waals surface area contributed by atoms with Gasteiger partial charge in [-0.15, -0.1) is 0 Å². The van der Waals surface area contributed by atoms with Gasteiger partial charge in [-0.05, 0) is 30.2 Å². The quantitative estimate of drug-likeness (QED) is 0.764. The molecule has 2 rings (SSSR count). The summed E-state index contributed by atoms with van der Waals surface area (Å²) in [4.78, 5) is 4.20. The lowest BCUT2D eigenvalue weighted by molar-refractivity contribution is 0.482. The maximum atomic E-state index is 11.2. The van der Waals surface area contributed by atoms with Gasteiger partial charge in [0.2, 0.25) is 0 Å². The third-order valence-corrected chi connectivity index (χ3v) is 3.79. The highest BCUT2D eigenvalue weighted by atomic mass is 32.2. The number of nitrogens with zero attached hydrogens (tertiary/aromatic N) is 1. The van der Waals surface area contributed by atoms with Gasteiger partial charge in [-0.1, -0.05) is 13.8 Å². The summed E-state index contributed by atoms with van der Waals surface area (Å²) in [6.45, 7) is 5.54. The second-order valence-corrected chi connectivity index (χ2v) is 5.98. The van der Waals surface area contributed by atoms with E-state index in [1.54, 1.807) is 19.2 Å². The van der Waals surface area contributed by atoms with Gasteiger partial charge in [0.1, 0.15) is 0 Å². The summed E-state index contributed by atoms with van der Waals surface area (Å²) in [5.41, 5.74) is 1.82. The lowest BCUT2D eigenvalue weighted by atomic mass is 9.87. The zero-order valence-electron chi connectivity index (χ0n) is 9.35. The molecule has 0 atom stereocenters. The highest BCUT2D eigenvalue weighted by Crippen LogP contribution is 2.38. The molecule has 0 bridgehead atoms. The van der Waals surface area contributed by atoms with Gasteiger partial charge in [-0.2, -0.15) is 8.42 Å². The number of hydrogen-bond acceptors (Lipinski definition) is 3. The van der Waals surface area contributed by atoms with Gasteiger partial charge in [0.15, 0.2) is 0 Å². The Bertz CT molecular complexity index is 585. The molecule has 1 heterocycles. The van der Waals surface area contributed by atoms with E-state index in [9.17, 15) is 8.42 Å². The first-order valence-electron chi connectivity index (χ1n) is 4.90. The number of aliphatic imine (C=N–C) groups is 1. The summed E-state index contributed by atoms with van der Waals surface area (Å²) < 4.78 is 31.5. The van der Waals surface area contributed by atoms with Crippen molar-refractivity contribution in [2.24, 2.45) is 4.99 Å². The summed E-state index contributed by atoms with van der Waals surface area (Å²) in [7, 11) is -4.16. The molecule has 86 valence electrons. The van der Waals surface area contributed by atoms with E-state index >= 15 is 0 Å². The average Bonchev–Trinajstić information content (AvgIpc) is 2.39. The van der Waals surface area contributed by atoms with Crippen molar-refractivity contribution in [3.05, 3.63) is 23.3 Å². The Morgan fingerprint density at radius 3 is 2.50 bits per heavy atom. The Morgan fingerprint density at radius 2 is 1.94 bits per heavy atom. The Kier molecular flexibility index (Phi) is 2.22. The molecule has 0 aliphatic carbocycles. The molecule has 1 aromatic carbocycles. The molecule has 1 aromatic rings. The fourth-order valence-corrected chi connectivity index (χ4v) is 2.61. The van der Waals surface area contributed by atoms with Crippen molar-refractivity contribution in [1.29, 1.82) is 0 Å². The van der Waals surface area contributed by atoms with E-state index in [0.29, 0.717) is 5.56 Å². The van der Waals surface area contributed by atoms with E-state index < -0.39 is 10.1 Å². The zero-order valence-corrected chi connectivity index (χ0v) is 10.2. The number of hydrogen-bond donors (Lipinski definition) is 1. The van der Waals surface area contributed by atoms with Crippen LogP contribution in [0.5, 0.6) is 0 Å². The molecule has 0 radical (unpaired) electrons. The second kappa shape index (κ2) is 3.15. The molecule has 4 nitrogen and oxygen atoms in total. The van der Waals surface area contributed by atoms with Crippen LogP contribution in [-0.2, 0) is 15.5 Å². The van der Waals surface area contributed by atoms with E-state index in [4.69, 9.17) is 4.55 Å². The van der Waals surface area contributed by atoms with Crippen molar-refractivity contribution in [2.75, 3.05) is 0 Å². The van der Waals surface area contributed by atoms with Gasteiger partial charge in [0, 0.05) is 11.6 Å². The fourth-order valence-electron chi connectivity index (χ4n) is 1.87. The monoisotopic (exact) mass is 239 g/mol. The van der Waals surface area contributed by atoms with Crippen molar-refractivity contribution in [3.8, 4) is 0 Å². The number of fused-ring (bicyclic) bond motifs is 1. The van der Waals surface area contributed by atoms with E-state index in [-0.39, 0.29) is 10.3 Å². The summed E-state index contributed by atoms with van der Waals surface area (Å²) in [6.07, 6.45) is 1.78. The van der Waals surface area contributed by atoms with Crippen LogP contribution in [0.15, 0.2) is 22.0 Å². The minimum absolute atomic E-state index is 0.0372. The molecule has 1 aliphatic rings. The molecule has 16 heavy (non-hydrogen) atoms. The first kappa shape index (κ1) is 11.3. The molecule has 0 fully saturated rings. The van der Waals surface area contributed by atoms with Gasteiger partial charge in [-0.25, -0.2) is 0 Å². The molecule has 0 amide bonds. The standard InChI is InChI=1S/C11H13NO3S/c1-7-4-9-8(11(2,3)6-12-9)5-10(7)16(13,14)15/h4-6H,1-3H3,(H,13,14,15). The normalized spacial score (nSPS) is 17.5. The Balaban J connectivity index is 2.73. The molecule has 5 heteroatoms. The van der Waals surface area contributed by atoms with Crippen LogP contribution in [-0.4, -0.2) is 19.2 Å². The van der Waals surface area contributed by atoms with Crippen molar-refractivity contribution >= 4 is 22.0 Å². The van der Waals surface area contributed by atoms with Crippen molar-refractivity contribution < 1.29 is 13.0 Å². The van der Waals surface area contributed by atoms with Gasteiger partial charge in [-0.3, -0.25) is 9.55 Å². The average molecular weight is 239 g/mol. The third-order valence-electron chi connectivity index (χ3n) is 2.79. The van der Waals surface area contributed by atoms with Crippen molar-refractivity contribution in [3.63, 3.8) is 0 Å². The summed E-state index contributed by atoms with van der Waals surface area (Å²) in [5, 5.41) is 0. The highest BCUT2D eigenvalue weighted by molar-refractivity contribution is 7.85. The van der Waals surface area contributed by atoms with E-state index in [1.165, 1.54) is 6.07 Å². The lowest BCUT2D eigenvalue weighted by Gasteiger charge is -2.17. The topological polar surface area (TPSA) is 66.7 Å². The van der Waals surface area contributed by atoms with Gasteiger partial charge in [0.25, 0.3) is 10.1 Å². The Morgan fingerprint density at radius 1 is 1.31 bits per heavy atom. The molecule has 1 aliphatic heterocycles. The SMILES string of the molecule is Cc1cc2c(cc1S(=O)(=O)O)C(C)(C)C=N2. The summed E-state index contributed by atoms with van der Waals surface area (Å²) >= 11 is 0. The maximum Gasteiger partial charge on any atom is 0.294 e. The van der Waals surface area contributed by atoms with Crippen LogP contribution in [0, 0.1) is 6.92 Å². The third kappa shape index (κ3) is 1.66. The largest absolute Gasteiger partial charge is 0.294 e. The van der Waals surface area contributed by atoms with Crippen molar-refractivity contribution in [1.82, 2.24) is 0 Å². The van der Waals surface area contributed by atoms with Crippen molar-refractivity contribution in [2.45, 2.75) is 31.1 Å². The van der Waals surface area contributed by atoms with Crippen LogP contribution in [0.3, 0.4) is 0 Å². The molecule has 0 aromatic heterocycles. The molecule has 0 saturated heterocycles. The summed E-state index contributed by atoms with van der Waals surface area (Å²) in [5.74, 6) is 0. The minimum Gasteiger partial charge on any atom is -0.282 e. The number of benzene rings is 1. The molecule has 0 spiro atoms. The number of aryl methyl sites for hydroxylation is 1. The lowest BCUT2D eigenvalue weighted by Crippen LogP contribution is -2.16. The molecule has 0 saturated carbocycles. The number of rotatable bonds is 1. The van der Waals surface area contributed by atoms with Crippen LogP contribution in [0.4, 0.5) is 5.69 Å². The van der Waals surface area contributed by atoms with Crippen LogP contribution in [0.1, 0.15) is 25.0 Å². The smallest absolute Gasteiger partial charge is 0.282 e. The van der Waals surface area contributed by atoms with Crippen LogP contribution < -0.4 is 0 Å². The van der Waals surface area contributed by atoms with E-state index in [0.717, 1.165) is 11.3 Å². The van der Waals surface area contributed by atoms with Gasteiger partial charge in [0.05, 0.1) is 10.6 Å². The predicted molar refractivity (Wildman–Crippen MR) is 62.2 cm³/mol. The molecule has 0 unspecified atom stereocenters. The first-order valence-corrected chi connectivity index (χ1v) is 6.34.